The summed E-state index contributed by atoms with van der Waals surface area (Å²) >= 11 is 0. The summed E-state index contributed by atoms with van der Waals surface area (Å²) in [7, 11) is -4.44. The molecule has 0 radical (unpaired) electrons. The van der Waals surface area contributed by atoms with Crippen LogP contribution in [0.15, 0.2) is 53.4 Å². The molecule has 0 saturated carbocycles. The number of nitro benzene ring substituents is 1. The highest BCUT2D eigenvalue weighted by atomic mass is 32.2. The van der Waals surface area contributed by atoms with Gasteiger partial charge < -0.3 is 5.11 Å². The zero-order chi connectivity index (χ0) is 22.3. The molecule has 2 aromatic rings. The number of alkyl halides is 6. The number of non-ortho nitro benzene ring substituents is 1. The van der Waals surface area contributed by atoms with Crippen LogP contribution in [0.25, 0.3) is 0 Å². The van der Waals surface area contributed by atoms with Crippen LogP contribution in [0.5, 0.6) is 0 Å². The summed E-state index contributed by atoms with van der Waals surface area (Å²) in [5.74, 6) is 0. The zero-order valence-corrected chi connectivity index (χ0v) is 14.6. The van der Waals surface area contributed by atoms with Crippen molar-refractivity contribution in [3.8, 4) is 0 Å². The first-order valence-electron chi connectivity index (χ1n) is 7.33. The van der Waals surface area contributed by atoms with E-state index in [1.807, 2.05) is 4.72 Å². The third-order valence-electron chi connectivity index (χ3n) is 3.71. The van der Waals surface area contributed by atoms with Gasteiger partial charge in [-0.05, 0) is 18.2 Å². The maximum Gasteiger partial charge on any atom is 0.430 e. The van der Waals surface area contributed by atoms with E-state index in [-0.39, 0.29) is 12.1 Å². The van der Waals surface area contributed by atoms with Gasteiger partial charge in [0, 0.05) is 23.4 Å². The van der Waals surface area contributed by atoms with Crippen molar-refractivity contribution in [3.63, 3.8) is 0 Å². The Morgan fingerprint density at radius 2 is 1.45 bits per heavy atom. The summed E-state index contributed by atoms with van der Waals surface area (Å²) in [5, 5.41) is 20.0. The molecule has 0 amide bonds. The first-order valence-corrected chi connectivity index (χ1v) is 8.81. The van der Waals surface area contributed by atoms with Gasteiger partial charge in [0.05, 0.1) is 9.82 Å². The number of rotatable bonds is 5. The number of benzene rings is 2. The minimum absolute atomic E-state index is 0.256. The molecule has 158 valence electrons. The molecule has 14 heteroatoms. The van der Waals surface area contributed by atoms with Gasteiger partial charge in [-0.15, -0.1) is 0 Å². The highest BCUT2D eigenvalue weighted by Crippen LogP contribution is 2.50. The molecule has 0 aliphatic rings. The van der Waals surface area contributed by atoms with Crippen molar-refractivity contribution >= 4 is 21.4 Å². The van der Waals surface area contributed by atoms with E-state index in [2.05, 4.69) is 0 Å². The Kier molecular flexibility index (Phi) is 5.55. The molecule has 2 aromatic carbocycles. The van der Waals surface area contributed by atoms with Crippen molar-refractivity contribution in [1.29, 1.82) is 0 Å². The van der Waals surface area contributed by atoms with E-state index >= 15 is 0 Å². The van der Waals surface area contributed by atoms with Crippen LogP contribution in [0.2, 0.25) is 0 Å². The fourth-order valence-corrected chi connectivity index (χ4v) is 3.34. The lowest BCUT2D eigenvalue weighted by Gasteiger charge is -2.32. The van der Waals surface area contributed by atoms with Crippen LogP contribution in [0.4, 0.5) is 37.7 Å². The van der Waals surface area contributed by atoms with Gasteiger partial charge in [-0.3, -0.25) is 14.8 Å². The smallest absolute Gasteiger partial charge is 0.369 e. The maximum atomic E-state index is 12.8. The Bertz CT molecular complexity index is 1000. The van der Waals surface area contributed by atoms with Gasteiger partial charge in [-0.25, -0.2) is 8.42 Å². The van der Waals surface area contributed by atoms with Gasteiger partial charge in [0.25, 0.3) is 21.3 Å². The molecular weight excluding hydrogens is 434 g/mol. The summed E-state index contributed by atoms with van der Waals surface area (Å²) in [5.41, 5.74) is -7.72. The second-order valence-electron chi connectivity index (χ2n) is 5.64. The number of nitro groups is 1. The summed E-state index contributed by atoms with van der Waals surface area (Å²) in [4.78, 5) is 9.30. The quantitative estimate of drug-likeness (QED) is 0.415. The number of nitrogens with one attached hydrogen (secondary N) is 1. The average Bonchev–Trinajstić information content (AvgIpc) is 2.59. The van der Waals surface area contributed by atoms with E-state index in [1.165, 1.54) is 0 Å². The van der Waals surface area contributed by atoms with E-state index in [4.69, 9.17) is 0 Å². The molecule has 0 saturated heterocycles. The van der Waals surface area contributed by atoms with E-state index in [9.17, 15) is 50.0 Å². The number of nitrogens with zero attached hydrogens (tertiary/aromatic N) is 1. The first-order chi connectivity index (χ1) is 13.1. The molecule has 0 aliphatic heterocycles. The molecule has 0 aromatic heterocycles. The van der Waals surface area contributed by atoms with Crippen molar-refractivity contribution in [2.45, 2.75) is 22.8 Å². The van der Waals surface area contributed by atoms with Crippen molar-refractivity contribution in [3.05, 3.63) is 64.2 Å². The Morgan fingerprint density at radius 1 is 0.931 bits per heavy atom. The maximum absolute atomic E-state index is 12.8. The Morgan fingerprint density at radius 3 is 1.90 bits per heavy atom. The molecule has 7 nitrogen and oxygen atoms in total. The fraction of sp³-hybridized carbons (Fsp3) is 0.200. The molecule has 0 spiro atoms. The Balaban J connectivity index is 2.38. The van der Waals surface area contributed by atoms with Crippen LogP contribution in [0.1, 0.15) is 5.56 Å². The minimum atomic E-state index is -6.09. The Hall–Kier alpha value is -2.87. The largest absolute Gasteiger partial charge is 0.430 e. The third-order valence-corrected chi connectivity index (χ3v) is 5.09. The standard InChI is InChI=1S/C15H10F6N2O5S/c16-14(17,18)13(24,15(19,20)21)9-4-6-10(7-5-9)22-29(27,28)12-3-1-2-11(8-12)23(25)26/h1-8,22,24H. The van der Waals surface area contributed by atoms with Crippen LogP contribution in [-0.4, -0.2) is 30.8 Å². The molecule has 0 aliphatic carbocycles. The summed E-state index contributed by atoms with van der Waals surface area (Å²) in [6.45, 7) is 0. The van der Waals surface area contributed by atoms with Crippen molar-refractivity contribution in [2.24, 2.45) is 0 Å². The molecule has 0 atom stereocenters. The predicted octanol–water partition coefficient (Wildman–Crippen LogP) is 3.71. The molecule has 0 unspecified atom stereocenters. The van der Waals surface area contributed by atoms with Crippen LogP contribution < -0.4 is 4.72 Å². The molecule has 0 fully saturated rings. The molecule has 0 bridgehead atoms. The number of anilines is 1. The van der Waals surface area contributed by atoms with Gasteiger partial charge in [-0.2, -0.15) is 26.3 Å². The number of hydrogen-bond acceptors (Lipinski definition) is 5. The molecule has 2 N–H and O–H groups in total. The highest BCUT2D eigenvalue weighted by molar-refractivity contribution is 7.92. The third kappa shape index (κ3) is 4.27. The molecule has 2 rings (SSSR count). The van der Waals surface area contributed by atoms with Gasteiger partial charge in [0.1, 0.15) is 0 Å². The van der Waals surface area contributed by atoms with E-state index in [0.29, 0.717) is 18.2 Å². The van der Waals surface area contributed by atoms with Gasteiger partial charge >= 0.3 is 12.4 Å². The van der Waals surface area contributed by atoms with Crippen molar-refractivity contribution in [1.82, 2.24) is 0 Å². The van der Waals surface area contributed by atoms with Gasteiger partial charge in [-0.1, -0.05) is 18.2 Å². The van der Waals surface area contributed by atoms with Crippen molar-refractivity contribution < 1.29 is 44.8 Å². The summed E-state index contributed by atoms with van der Waals surface area (Å²) < 4.78 is 103. The normalized spacial score (nSPS) is 13.2. The Labute approximate surface area is 158 Å². The second-order valence-corrected chi connectivity index (χ2v) is 7.33. The van der Waals surface area contributed by atoms with E-state index < -0.39 is 54.7 Å². The fourth-order valence-electron chi connectivity index (χ4n) is 2.25. The number of sulfonamides is 1. The molecule has 0 heterocycles. The van der Waals surface area contributed by atoms with Crippen LogP contribution in [-0.2, 0) is 15.6 Å². The monoisotopic (exact) mass is 444 g/mol. The van der Waals surface area contributed by atoms with Crippen LogP contribution in [0, 0.1) is 10.1 Å². The van der Waals surface area contributed by atoms with E-state index in [0.717, 1.165) is 18.2 Å². The lowest BCUT2D eigenvalue weighted by Crippen LogP contribution is -2.53. The lowest BCUT2D eigenvalue weighted by molar-refractivity contribution is -0.385. The lowest BCUT2D eigenvalue weighted by atomic mass is 9.92. The van der Waals surface area contributed by atoms with Crippen molar-refractivity contribution in [2.75, 3.05) is 4.72 Å². The number of hydrogen-bond donors (Lipinski definition) is 2. The average molecular weight is 444 g/mol. The van der Waals surface area contributed by atoms with E-state index in [1.54, 1.807) is 0 Å². The summed E-state index contributed by atoms with van der Waals surface area (Å²) in [6, 6.07) is 5.46. The molecular formula is C15H10F6N2O5S. The SMILES string of the molecule is O=[N+]([O-])c1cccc(S(=O)(=O)Nc2ccc(C(O)(C(F)(F)F)C(F)(F)F)cc2)c1. The number of halogens is 6. The van der Waals surface area contributed by atoms with Gasteiger partial charge in [0.15, 0.2) is 0 Å². The first kappa shape index (κ1) is 22.4. The van der Waals surface area contributed by atoms with Gasteiger partial charge in [0.2, 0.25) is 0 Å². The number of aliphatic hydroxyl groups is 1. The molecule has 29 heavy (non-hydrogen) atoms. The minimum Gasteiger partial charge on any atom is -0.369 e. The highest BCUT2D eigenvalue weighted by Gasteiger charge is 2.71. The second kappa shape index (κ2) is 7.18. The van der Waals surface area contributed by atoms with Crippen LogP contribution in [0.3, 0.4) is 0 Å². The predicted molar refractivity (Wildman–Crippen MR) is 86.4 cm³/mol. The summed E-state index contributed by atoms with van der Waals surface area (Å²) in [6.07, 6.45) is -12.2. The zero-order valence-electron chi connectivity index (χ0n) is 13.8. The topological polar surface area (TPSA) is 110 Å². The van der Waals surface area contributed by atoms with Crippen LogP contribution >= 0.6 is 0 Å².